The summed E-state index contributed by atoms with van der Waals surface area (Å²) in [6.45, 7) is 2.88. The normalized spacial score (nSPS) is 16.3. The van der Waals surface area contributed by atoms with Gasteiger partial charge in [-0.2, -0.15) is 5.26 Å². The summed E-state index contributed by atoms with van der Waals surface area (Å²) in [5.74, 6) is -0.926. The Balaban J connectivity index is 1.75. The van der Waals surface area contributed by atoms with Gasteiger partial charge in [-0.3, -0.25) is 14.4 Å². The molecule has 150 valence electrons. The van der Waals surface area contributed by atoms with Crippen molar-refractivity contribution in [1.82, 2.24) is 4.90 Å². The maximum absolute atomic E-state index is 13.4. The van der Waals surface area contributed by atoms with Crippen molar-refractivity contribution in [2.24, 2.45) is 0 Å². The van der Waals surface area contributed by atoms with Gasteiger partial charge in [-0.1, -0.05) is 12.1 Å². The molecule has 0 aromatic heterocycles. The summed E-state index contributed by atoms with van der Waals surface area (Å²) in [6.07, 6.45) is 1.94. The molecule has 7 heteroatoms. The molecule has 2 aliphatic heterocycles. The van der Waals surface area contributed by atoms with E-state index in [0.29, 0.717) is 33.8 Å². The van der Waals surface area contributed by atoms with E-state index in [1.165, 1.54) is 11.8 Å². The smallest absolute Gasteiger partial charge is 0.282 e. The summed E-state index contributed by atoms with van der Waals surface area (Å²) in [6, 6.07) is 15.3. The molecule has 2 aromatic carbocycles. The van der Waals surface area contributed by atoms with E-state index < -0.39 is 0 Å². The molecule has 30 heavy (non-hydrogen) atoms. The minimum atomic E-state index is -0.390. The van der Waals surface area contributed by atoms with Crippen LogP contribution in [0.4, 0.5) is 11.4 Å². The molecule has 2 heterocycles. The van der Waals surface area contributed by atoms with Crippen molar-refractivity contribution in [3.63, 3.8) is 0 Å². The molecule has 0 unspecified atom stereocenters. The quantitative estimate of drug-likeness (QED) is 0.797. The maximum Gasteiger partial charge on any atom is 0.282 e. The van der Waals surface area contributed by atoms with E-state index in [-0.39, 0.29) is 17.7 Å². The minimum absolute atomic E-state index is 0.182. The molecule has 7 nitrogen and oxygen atoms in total. The van der Waals surface area contributed by atoms with Crippen LogP contribution in [-0.2, 0) is 14.4 Å². The Bertz CT molecular complexity index is 1090. The highest BCUT2D eigenvalue weighted by molar-refractivity contribution is 6.45. The number of carbonyl (C=O) groups excluding carboxylic acids is 3. The summed E-state index contributed by atoms with van der Waals surface area (Å²) in [5.41, 5.74) is 2.91. The van der Waals surface area contributed by atoms with Gasteiger partial charge >= 0.3 is 0 Å². The van der Waals surface area contributed by atoms with Crippen molar-refractivity contribution in [1.29, 1.82) is 5.26 Å². The number of anilines is 2. The van der Waals surface area contributed by atoms with Gasteiger partial charge in [0, 0.05) is 25.7 Å². The molecule has 0 radical (unpaired) electrons. The van der Waals surface area contributed by atoms with Crippen LogP contribution >= 0.6 is 0 Å². The van der Waals surface area contributed by atoms with Gasteiger partial charge in [0.2, 0.25) is 5.91 Å². The van der Waals surface area contributed by atoms with Crippen LogP contribution in [0.5, 0.6) is 0 Å². The van der Waals surface area contributed by atoms with Crippen LogP contribution in [0.25, 0.3) is 5.57 Å². The van der Waals surface area contributed by atoms with Gasteiger partial charge in [0.15, 0.2) is 0 Å². The number of nitriles is 1. The SMILES string of the molecule is CC(=O)Nc1ccc(C2=C(N3CCCC3)C(=O)N(c3ccc(C#N)cc3)C2=O)cc1. The average Bonchev–Trinajstić information content (AvgIpc) is 3.34. The first-order chi connectivity index (χ1) is 14.5. The van der Waals surface area contributed by atoms with Crippen LogP contribution in [-0.4, -0.2) is 35.7 Å². The summed E-state index contributed by atoms with van der Waals surface area (Å²) in [7, 11) is 0. The molecule has 2 aromatic rings. The second-order valence-electron chi connectivity index (χ2n) is 7.28. The fourth-order valence-electron chi connectivity index (χ4n) is 3.86. The third kappa shape index (κ3) is 3.44. The van der Waals surface area contributed by atoms with Crippen molar-refractivity contribution in [2.45, 2.75) is 19.8 Å². The van der Waals surface area contributed by atoms with Gasteiger partial charge in [-0.25, -0.2) is 4.90 Å². The Morgan fingerprint density at radius 2 is 1.60 bits per heavy atom. The highest BCUT2D eigenvalue weighted by atomic mass is 16.2. The first kappa shape index (κ1) is 19.4. The van der Waals surface area contributed by atoms with E-state index in [0.717, 1.165) is 25.9 Å². The molecule has 0 spiro atoms. The molecular formula is C23H20N4O3. The van der Waals surface area contributed by atoms with Crippen LogP contribution in [0.3, 0.4) is 0 Å². The predicted molar refractivity (Wildman–Crippen MR) is 112 cm³/mol. The standard InChI is InChI=1S/C23H20N4O3/c1-15(28)25-18-8-6-17(7-9-18)20-21(26-12-2-3-13-26)23(30)27(22(20)29)19-10-4-16(14-24)5-11-19/h4-11H,2-3,12-13H2,1H3,(H,25,28). The van der Waals surface area contributed by atoms with Crippen LogP contribution in [0.1, 0.15) is 30.9 Å². The molecule has 0 saturated carbocycles. The number of benzene rings is 2. The van der Waals surface area contributed by atoms with Gasteiger partial charge < -0.3 is 10.2 Å². The lowest BCUT2D eigenvalue weighted by Crippen LogP contribution is -2.34. The van der Waals surface area contributed by atoms with E-state index in [9.17, 15) is 14.4 Å². The number of amides is 3. The van der Waals surface area contributed by atoms with E-state index in [4.69, 9.17) is 5.26 Å². The van der Waals surface area contributed by atoms with Crippen molar-refractivity contribution in [2.75, 3.05) is 23.3 Å². The Morgan fingerprint density at radius 1 is 0.967 bits per heavy atom. The number of likely N-dealkylation sites (tertiary alicyclic amines) is 1. The summed E-state index contributed by atoms with van der Waals surface area (Å²) >= 11 is 0. The van der Waals surface area contributed by atoms with Gasteiger partial charge in [-0.05, 0) is 54.8 Å². The number of rotatable bonds is 4. The molecule has 4 rings (SSSR count). The largest absolute Gasteiger partial charge is 0.366 e. The van der Waals surface area contributed by atoms with Crippen molar-refractivity contribution in [3.05, 3.63) is 65.4 Å². The Hall–Kier alpha value is -3.92. The van der Waals surface area contributed by atoms with Crippen LogP contribution in [0.15, 0.2) is 54.2 Å². The summed E-state index contributed by atoms with van der Waals surface area (Å²) in [5, 5.41) is 11.7. The van der Waals surface area contributed by atoms with Gasteiger partial charge in [0.25, 0.3) is 11.8 Å². The average molecular weight is 400 g/mol. The zero-order chi connectivity index (χ0) is 21.3. The topological polar surface area (TPSA) is 93.5 Å². The lowest BCUT2D eigenvalue weighted by molar-refractivity contribution is -0.120. The van der Waals surface area contributed by atoms with Crippen molar-refractivity contribution >= 4 is 34.7 Å². The second-order valence-corrected chi connectivity index (χ2v) is 7.28. The lowest BCUT2D eigenvalue weighted by atomic mass is 10.0. The molecule has 1 fully saturated rings. The molecule has 0 bridgehead atoms. The molecule has 1 N–H and O–H groups in total. The van der Waals surface area contributed by atoms with Gasteiger partial charge in [-0.15, -0.1) is 0 Å². The van der Waals surface area contributed by atoms with E-state index in [2.05, 4.69) is 5.32 Å². The second kappa shape index (κ2) is 7.84. The fourth-order valence-corrected chi connectivity index (χ4v) is 3.86. The highest BCUT2D eigenvalue weighted by Gasteiger charge is 2.42. The number of imide groups is 1. The first-order valence-electron chi connectivity index (χ1n) is 9.76. The Morgan fingerprint density at radius 3 is 2.17 bits per heavy atom. The number of carbonyl (C=O) groups is 3. The Labute approximate surface area is 174 Å². The maximum atomic E-state index is 13.4. The zero-order valence-electron chi connectivity index (χ0n) is 16.5. The summed E-state index contributed by atoms with van der Waals surface area (Å²) < 4.78 is 0. The first-order valence-corrected chi connectivity index (χ1v) is 9.76. The predicted octanol–water partition coefficient (Wildman–Crippen LogP) is 2.90. The van der Waals surface area contributed by atoms with Gasteiger partial charge in [0.1, 0.15) is 5.70 Å². The Kier molecular flexibility index (Phi) is 5.07. The van der Waals surface area contributed by atoms with Gasteiger partial charge in [0.05, 0.1) is 22.9 Å². The fraction of sp³-hybridized carbons (Fsp3) is 0.217. The van der Waals surface area contributed by atoms with E-state index in [1.54, 1.807) is 48.5 Å². The molecule has 1 saturated heterocycles. The van der Waals surface area contributed by atoms with Crippen LogP contribution in [0.2, 0.25) is 0 Å². The van der Waals surface area contributed by atoms with E-state index in [1.807, 2.05) is 11.0 Å². The third-order valence-electron chi connectivity index (χ3n) is 5.23. The molecule has 3 amide bonds. The molecule has 0 aliphatic carbocycles. The zero-order valence-corrected chi connectivity index (χ0v) is 16.5. The summed E-state index contributed by atoms with van der Waals surface area (Å²) in [4.78, 5) is 41.1. The number of nitrogens with one attached hydrogen (secondary N) is 1. The minimum Gasteiger partial charge on any atom is -0.366 e. The number of hydrogen-bond donors (Lipinski definition) is 1. The van der Waals surface area contributed by atoms with Crippen molar-refractivity contribution in [3.8, 4) is 6.07 Å². The number of hydrogen-bond acceptors (Lipinski definition) is 5. The molecule has 0 atom stereocenters. The monoisotopic (exact) mass is 400 g/mol. The highest BCUT2D eigenvalue weighted by Crippen LogP contribution is 2.36. The number of nitrogens with zero attached hydrogens (tertiary/aromatic N) is 3. The third-order valence-corrected chi connectivity index (χ3v) is 5.23. The molecular weight excluding hydrogens is 380 g/mol. The van der Waals surface area contributed by atoms with E-state index >= 15 is 0 Å². The van der Waals surface area contributed by atoms with Crippen LogP contribution in [0, 0.1) is 11.3 Å². The van der Waals surface area contributed by atoms with Crippen LogP contribution < -0.4 is 10.2 Å². The van der Waals surface area contributed by atoms with Crippen molar-refractivity contribution < 1.29 is 14.4 Å². The lowest BCUT2D eigenvalue weighted by Gasteiger charge is -2.20. The molecule has 2 aliphatic rings.